The summed E-state index contributed by atoms with van der Waals surface area (Å²) < 4.78 is 38.0. The second kappa shape index (κ2) is 18.3. The van der Waals surface area contributed by atoms with E-state index >= 15 is 0 Å². The van der Waals surface area contributed by atoms with Crippen LogP contribution >= 0.6 is 53.0 Å². The summed E-state index contributed by atoms with van der Waals surface area (Å²) in [6, 6.07) is 13.7. The quantitative estimate of drug-likeness (QED) is 0.0813. The highest BCUT2D eigenvalue weighted by Gasteiger charge is 2.59. The van der Waals surface area contributed by atoms with E-state index in [1.807, 2.05) is 0 Å². The standard InChI is InChI=1S/C44H59I2O8P/c1-28(2)7-6-8-29(3)38-19-20-39-37-18-13-32-25-35(21-23-43(32,4)40(37)22-24-44(38,39)5)53-55(49,50)54-36(26-51-41(47)30-9-14-33(45)15-10-30)27-52-42(48)31-11-16-34(46)17-12-31/h9-17,28-29,35-40H,6-8,18-27H2,1-5H3,(H,49,50)/t29-,35+,37?,38?,39?,40?,43+,44-/m1/s1. The minimum atomic E-state index is -4.66. The van der Waals surface area contributed by atoms with Crippen molar-refractivity contribution in [3.05, 3.63) is 78.4 Å². The van der Waals surface area contributed by atoms with Crippen molar-refractivity contribution in [1.82, 2.24) is 0 Å². The molecule has 0 amide bonds. The number of carbonyl (C=O) groups excluding carboxylic acids is 2. The van der Waals surface area contributed by atoms with Crippen molar-refractivity contribution in [3.63, 3.8) is 0 Å². The maximum absolute atomic E-state index is 13.6. The van der Waals surface area contributed by atoms with E-state index in [4.69, 9.17) is 18.5 Å². The molecular formula is C44H59I2O8P. The first-order valence-electron chi connectivity index (χ1n) is 20.3. The average molecular weight is 1000 g/mol. The van der Waals surface area contributed by atoms with Gasteiger partial charge in [0, 0.05) is 7.14 Å². The normalized spacial score (nSPS) is 30.4. The van der Waals surface area contributed by atoms with Crippen molar-refractivity contribution >= 4 is 64.9 Å². The molecule has 0 spiro atoms. The smallest absolute Gasteiger partial charge is 0.459 e. The van der Waals surface area contributed by atoms with E-state index in [-0.39, 0.29) is 5.41 Å². The van der Waals surface area contributed by atoms with E-state index in [0.717, 1.165) is 43.7 Å². The summed E-state index contributed by atoms with van der Waals surface area (Å²) >= 11 is 4.29. The van der Waals surface area contributed by atoms with Crippen molar-refractivity contribution < 1.29 is 37.6 Å². The molecule has 4 aliphatic rings. The number of ether oxygens (including phenoxy) is 2. The number of benzene rings is 2. The molecule has 8 nitrogen and oxygen atoms in total. The molecular weight excluding hydrogens is 941 g/mol. The number of hydrogen-bond acceptors (Lipinski definition) is 7. The predicted octanol–water partition coefficient (Wildman–Crippen LogP) is 11.8. The van der Waals surface area contributed by atoms with Crippen LogP contribution in [0.4, 0.5) is 0 Å². The van der Waals surface area contributed by atoms with E-state index in [1.165, 1.54) is 50.5 Å². The van der Waals surface area contributed by atoms with Crippen LogP contribution in [0.5, 0.6) is 0 Å². The molecule has 302 valence electrons. The molecule has 6 rings (SSSR count). The number of fused-ring (bicyclic) bond motifs is 5. The van der Waals surface area contributed by atoms with Crippen LogP contribution in [0, 0.1) is 53.5 Å². The van der Waals surface area contributed by atoms with Gasteiger partial charge in [-0.05, 0) is 191 Å². The third-order valence-corrected chi connectivity index (χ3v) is 16.4. The Kier molecular flexibility index (Phi) is 14.4. The fourth-order valence-corrected chi connectivity index (χ4v) is 12.8. The minimum Gasteiger partial charge on any atom is -0.459 e. The fraction of sp³-hybridized carbons (Fsp3) is 0.636. The van der Waals surface area contributed by atoms with Gasteiger partial charge in [-0.2, -0.15) is 0 Å². The fourth-order valence-electron chi connectivity index (χ4n) is 10.9. The Balaban J connectivity index is 1.08. The Morgan fingerprint density at radius 3 is 2.02 bits per heavy atom. The molecule has 0 radical (unpaired) electrons. The van der Waals surface area contributed by atoms with Crippen molar-refractivity contribution in [2.45, 2.75) is 117 Å². The van der Waals surface area contributed by atoms with Crippen molar-refractivity contribution in [2.75, 3.05) is 13.2 Å². The van der Waals surface area contributed by atoms with E-state index in [9.17, 15) is 19.0 Å². The molecule has 11 heteroatoms. The topological polar surface area (TPSA) is 108 Å². The van der Waals surface area contributed by atoms with Gasteiger partial charge in [-0.25, -0.2) is 14.2 Å². The van der Waals surface area contributed by atoms with Gasteiger partial charge in [0.2, 0.25) is 0 Å². The molecule has 0 aromatic heterocycles. The molecule has 1 N–H and O–H groups in total. The van der Waals surface area contributed by atoms with Crippen LogP contribution < -0.4 is 0 Å². The number of allylic oxidation sites excluding steroid dienone is 1. The van der Waals surface area contributed by atoms with Crippen LogP contribution in [-0.2, 0) is 23.1 Å². The van der Waals surface area contributed by atoms with Crippen LogP contribution in [0.15, 0.2) is 60.2 Å². The molecule has 9 atom stereocenters. The molecule has 0 saturated heterocycles. The summed E-state index contributed by atoms with van der Waals surface area (Å²) in [6.07, 6.45) is 13.2. The highest BCUT2D eigenvalue weighted by molar-refractivity contribution is 14.1. The third kappa shape index (κ3) is 10.3. The number of hydrogen-bond donors (Lipinski definition) is 1. The average Bonchev–Trinajstić information content (AvgIpc) is 3.50. The summed E-state index contributed by atoms with van der Waals surface area (Å²) in [5.41, 5.74) is 2.48. The highest BCUT2D eigenvalue weighted by atomic mass is 127. The van der Waals surface area contributed by atoms with Gasteiger partial charge in [0.25, 0.3) is 0 Å². The van der Waals surface area contributed by atoms with E-state index in [2.05, 4.69) is 85.9 Å². The number of phosphoric acid groups is 1. The van der Waals surface area contributed by atoms with Crippen LogP contribution in [0.25, 0.3) is 0 Å². The predicted molar refractivity (Wildman–Crippen MR) is 232 cm³/mol. The molecule has 55 heavy (non-hydrogen) atoms. The number of esters is 2. The maximum Gasteiger partial charge on any atom is 0.472 e. The maximum atomic E-state index is 13.6. The molecule has 3 fully saturated rings. The van der Waals surface area contributed by atoms with Gasteiger partial charge in [-0.3, -0.25) is 9.05 Å². The monoisotopic (exact) mass is 1000 g/mol. The number of halogens is 2. The number of carbonyl (C=O) groups is 2. The van der Waals surface area contributed by atoms with Gasteiger partial charge >= 0.3 is 19.8 Å². The highest BCUT2D eigenvalue weighted by Crippen LogP contribution is 2.67. The van der Waals surface area contributed by atoms with Crippen LogP contribution in [0.1, 0.15) is 126 Å². The van der Waals surface area contributed by atoms with Gasteiger partial charge in [0.15, 0.2) is 0 Å². The minimum absolute atomic E-state index is 0.0569. The number of rotatable bonds is 15. The molecule has 0 bridgehead atoms. The van der Waals surface area contributed by atoms with Crippen LogP contribution in [0.3, 0.4) is 0 Å². The van der Waals surface area contributed by atoms with Gasteiger partial charge in [-0.1, -0.05) is 65.5 Å². The Morgan fingerprint density at radius 2 is 1.44 bits per heavy atom. The van der Waals surface area contributed by atoms with E-state index in [0.29, 0.717) is 41.2 Å². The lowest BCUT2D eigenvalue weighted by molar-refractivity contribution is -0.0588. The van der Waals surface area contributed by atoms with Crippen LogP contribution in [-0.4, -0.2) is 42.3 Å². The first kappa shape index (κ1) is 43.3. The summed E-state index contributed by atoms with van der Waals surface area (Å²) in [4.78, 5) is 36.7. The summed E-state index contributed by atoms with van der Waals surface area (Å²) in [6.45, 7) is 11.4. The van der Waals surface area contributed by atoms with Gasteiger partial charge in [-0.15, -0.1) is 0 Å². The van der Waals surface area contributed by atoms with Crippen molar-refractivity contribution in [2.24, 2.45) is 46.3 Å². The third-order valence-electron chi connectivity index (χ3n) is 13.8. The lowest BCUT2D eigenvalue weighted by Gasteiger charge is -2.58. The Labute approximate surface area is 355 Å². The first-order valence-corrected chi connectivity index (χ1v) is 24.0. The second-order valence-corrected chi connectivity index (χ2v) is 21.5. The molecule has 4 aliphatic carbocycles. The van der Waals surface area contributed by atoms with Gasteiger partial charge in [0.1, 0.15) is 19.3 Å². The Hall–Kier alpha value is -1.31. The van der Waals surface area contributed by atoms with Crippen molar-refractivity contribution in [3.8, 4) is 0 Å². The lowest BCUT2D eigenvalue weighted by atomic mass is 9.47. The van der Waals surface area contributed by atoms with Crippen LogP contribution in [0.2, 0.25) is 0 Å². The molecule has 0 aliphatic heterocycles. The first-order chi connectivity index (χ1) is 26.1. The molecule has 2 aromatic rings. The SMILES string of the molecule is CC(C)CCC[C@@H](C)C1CCC2C3CC=C4C[C@@H](OP(=O)(O)OC(COC(=O)c5ccc(I)cc5)COC(=O)c5ccc(I)cc5)CC[C@]4(C)C3CC[C@@]21C. The van der Waals surface area contributed by atoms with E-state index in [1.54, 1.807) is 48.5 Å². The Morgan fingerprint density at radius 1 is 0.836 bits per heavy atom. The molecule has 2 aromatic carbocycles. The largest absolute Gasteiger partial charge is 0.472 e. The lowest BCUT2D eigenvalue weighted by Crippen LogP contribution is -2.51. The zero-order valence-corrected chi connectivity index (χ0v) is 38.2. The van der Waals surface area contributed by atoms with Gasteiger partial charge < -0.3 is 14.4 Å². The molecule has 5 unspecified atom stereocenters. The number of phosphoric ester groups is 1. The summed E-state index contributed by atoms with van der Waals surface area (Å²) in [5.74, 6) is 3.19. The van der Waals surface area contributed by atoms with Gasteiger partial charge in [0.05, 0.1) is 17.2 Å². The zero-order valence-electron chi connectivity index (χ0n) is 33.0. The van der Waals surface area contributed by atoms with Crippen molar-refractivity contribution in [1.29, 1.82) is 0 Å². The second-order valence-electron chi connectivity index (χ2n) is 17.7. The summed E-state index contributed by atoms with van der Waals surface area (Å²) in [5, 5.41) is 0. The summed E-state index contributed by atoms with van der Waals surface area (Å²) in [7, 11) is -4.66. The van der Waals surface area contributed by atoms with E-state index < -0.39 is 45.2 Å². The molecule has 0 heterocycles. The molecule has 3 saturated carbocycles. The Bertz CT molecular complexity index is 1670. The zero-order chi connectivity index (χ0) is 39.5.